The van der Waals surface area contributed by atoms with Crippen LogP contribution in [0.25, 0.3) is 22.3 Å². The molecule has 0 radical (unpaired) electrons. The zero-order valence-electron chi connectivity index (χ0n) is 20.6. The third-order valence-electron chi connectivity index (χ3n) is 5.86. The van der Waals surface area contributed by atoms with Crippen LogP contribution >= 0.6 is 0 Å². The number of imidazole rings is 2. The minimum Gasteiger partial charge on any atom is -0.336 e. The zero-order chi connectivity index (χ0) is 25.2. The Morgan fingerprint density at radius 2 is 0.941 bits per heavy atom. The molecule has 0 saturated heterocycles. The fourth-order valence-corrected chi connectivity index (χ4v) is 3.92. The van der Waals surface area contributed by atoms with Crippen LogP contribution in [0.4, 0.5) is 0 Å². The van der Waals surface area contributed by atoms with E-state index in [0.717, 1.165) is 34.8 Å². The van der Waals surface area contributed by atoms with E-state index in [4.69, 9.17) is 0 Å². The van der Waals surface area contributed by atoms with E-state index >= 15 is 0 Å². The highest BCUT2D eigenvalue weighted by Crippen LogP contribution is 2.11. The average molecular weight is 473 g/mol. The number of fused-ring (bicyclic) bond motifs is 2. The molecule has 4 rings (SSSR count). The molecule has 12 heteroatoms. The molecule has 184 valence electrons. The van der Waals surface area contributed by atoms with Crippen LogP contribution in [-0.4, -0.2) is 38.2 Å². The summed E-state index contributed by atoms with van der Waals surface area (Å²) >= 11 is 0. The van der Waals surface area contributed by atoms with Gasteiger partial charge in [0.15, 0.2) is 11.3 Å². The van der Waals surface area contributed by atoms with Crippen molar-refractivity contribution in [1.82, 2.24) is 38.2 Å². The fraction of sp³-hybridized carbons (Fsp3) is 0.545. The van der Waals surface area contributed by atoms with Crippen molar-refractivity contribution < 1.29 is 0 Å². The van der Waals surface area contributed by atoms with Gasteiger partial charge in [0.1, 0.15) is 22.7 Å². The van der Waals surface area contributed by atoms with Crippen molar-refractivity contribution in [2.75, 3.05) is 0 Å². The molecule has 34 heavy (non-hydrogen) atoms. The molecule has 4 heterocycles. The molecule has 12 nitrogen and oxygen atoms in total. The first-order valence-electron chi connectivity index (χ1n) is 11.5. The van der Waals surface area contributed by atoms with E-state index in [1.54, 1.807) is 14.1 Å². The molecule has 0 saturated carbocycles. The van der Waals surface area contributed by atoms with Gasteiger partial charge in [-0.25, -0.2) is 19.6 Å². The van der Waals surface area contributed by atoms with Gasteiger partial charge in [0.05, 0.1) is 0 Å². The maximum Gasteiger partial charge on any atom is 0.332 e. The molecule has 0 spiro atoms. The molecule has 0 aliphatic heterocycles. The van der Waals surface area contributed by atoms with Gasteiger partial charge in [0, 0.05) is 41.0 Å². The molecule has 4 aromatic heterocycles. The molecule has 0 unspecified atom stereocenters. The number of hydrogen-bond donors (Lipinski definition) is 2. The van der Waals surface area contributed by atoms with Gasteiger partial charge in [-0.05, 0) is 12.8 Å². The van der Waals surface area contributed by atoms with Crippen LogP contribution in [0.1, 0.15) is 51.2 Å². The Labute approximate surface area is 194 Å². The van der Waals surface area contributed by atoms with Crippen LogP contribution in [0, 0.1) is 0 Å². The first-order valence-corrected chi connectivity index (χ1v) is 11.5. The van der Waals surface area contributed by atoms with Crippen molar-refractivity contribution in [3.63, 3.8) is 0 Å². The van der Waals surface area contributed by atoms with Crippen molar-refractivity contribution in [2.45, 2.75) is 52.4 Å². The van der Waals surface area contributed by atoms with Crippen LogP contribution in [-0.2, 0) is 41.0 Å². The van der Waals surface area contributed by atoms with Gasteiger partial charge in [0.25, 0.3) is 11.1 Å². The van der Waals surface area contributed by atoms with Gasteiger partial charge < -0.3 is 9.97 Å². The summed E-state index contributed by atoms with van der Waals surface area (Å²) < 4.78 is 4.87. The van der Waals surface area contributed by atoms with Crippen molar-refractivity contribution in [2.24, 2.45) is 28.2 Å². The molecule has 0 fully saturated rings. The van der Waals surface area contributed by atoms with Crippen LogP contribution in [0.15, 0.2) is 19.2 Å². The highest BCUT2D eigenvalue weighted by molar-refractivity contribution is 5.70. The second-order valence-electron chi connectivity index (χ2n) is 8.09. The first kappa shape index (κ1) is 24.9. The van der Waals surface area contributed by atoms with Crippen molar-refractivity contribution in [1.29, 1.82) is 0 Å². The van der Waals surface area contributed by atoms with Crippen LogP contribution in [0.2, 0.25) is 0 Å². The minimum atomic E-state index is -0.399. The summed E-state index contributed by atoms with van der Waals surface area (Å²) in [5.41, 5.74) is -0.115. The second-order valence-corrected chi connectivity index (χ2v) is 8.09. The number of rotatable bonds is 7. The molecule has 0 aliphatic carbocycles. The highest BCUT2D eigenvalue weighted by atomic mass is 16.2. The maximum atomic E-state index is 12.2. The fourth-order valence-electron chi connectivity index (χ4n) is 3.92. The molecule has 0 atom stereocenters. The highest BCUT2D eigenvalue weighted by Gasteiger charge is 2.14. The monoisotopic (exact) mass is 472 g/mol. The van der Waals surface area contributed by atoms with E-state index in [9.17, 15) is 19.2 Å². The van der Waals surface area contributed by atoms with Gasteiger partial charge in [-0.2, -0.15) is 0 Å². The summed E-state index contributed by atoms with van der Waals surface area (Å²) in [6.07, 6.45) is 5.01. The van der Waals surface area contributed by atoms with Crippen molar-refractivity contribution in [3.05, 3.63) is 53.3 Å². The standard InChI is InChI=1S/C20H26N8O4.C2H6/c1-25-15-13(17(29)27(3)19(25)31)21-11(23-15)9-7-5-6-8-10-12-22-14-16(24-12)26(2)20(32)28(4)18(14)30;1-2/h5-10H2,1-4H3,(H,21,23)(H,22,24);1-2H3. The Morgan fingerprint density at radius 1 is 0.588 bits per heavy atom. The minimum absolute atomic E-state index is 0.343. The Balaban J connectivity index is 0.00000158. The molecule has 0 aromatic carbocycles. The average Bonchev–Trinajstić information content (AvgIpc) is 3.47. The Bertz CT molecular complexity index is 1440. The number of nitrogens with zero attached hydrogens (tertiary/aromatic N) is 6. The lowest BCUT2D eigenvalue weighted by atomic mass is 10.1. The van der Waals surface area contributed by atoms with Crippen molar-refractivity contribution in [3.8, 4) is 0 Å². The maximum absolute atomic E-state index is 12.2. The van der Waals surface area contributed by atoms with E-state index in [-0.39, 0.29) is 11.1 Å². The van der Waals surface area contributed by atoms with Crippen LogP contribution in [0.3, 0.4) is 0 Å². The van der Waals surface area contributed by atoms with E-state index in [0.29, 0.717) is 46.8 Å². The summed E-state index contributed by atoms with van der Waals surface area (Å²) in [6.45, 7) is 4.00. The molecular formula is C22H32N8O4. The van der Waals surface area contributed by atoms with E-state index in [1.807, 2.05) is 13.8 Å². The largest absolute Gasteiger partial charge is 0.336 e. The summed E-state index contributed by atoms with van der Waals surface area (Å²) in [5, 5.41) is 0. The second kappa shape index (κ2) is 10.1. The van der Waals surface area contributed by atoms with Gasteiger partial charge in [-0.1, -0.05) is 26.7 Å². The number of aromatic nitrogens is 8. The smallest absolute Gasteiger partial charge is 0.332 e. The molecule has 0 bridgehead atoms. The number of unbranched alkanes of at least 4 members (excludes halogenated alkanes) is 3. The lowest BCUT2D eigenvalue weighted by Gasteiger charge is -2.00. The molecule has 0 aliphatic rings. The number of aryl methyl sites for hydroxylation is 4. The van der Waals surface area contributed by atoms with Gasteiger partial charge in [-0.3, -0.25) is 27.9 Å². The normalized spacial score (nSPS) is 11.2. The van der Waals surface area contributed by atoms with E-state index in [2.05, 4.69) is 19.9 Å². The first-order chi connectivity index (χ1) is 16.2. The Kier molecular flexibility index (Phi) is 7.38. The topological polar surface area (TPSA) is 145 Å². The van der Waals surface area contributed by atoms with Crippen LogP contribution in [0.5, 0.6) is 0 Å². The zero-order valence-corrected chi connectivity index (χ0v) is 20.6. The predicted molar refractivity (Wildman–Crippen MR) is 130 cm³/mol. The summed E-state index contributed by atoms with van der Waals surface area (Å²) in [6, 6.07) is 0. The predicted octanol–water partition coefficient (Wildman–Crippen LogP) is 0.606. The molecule has 0 amide bonds. The number of nitrogens with one attached hydrogen (secondary N) is 2. The lowest BCUT2D eigenvalue weighted by Crippen LogP contribution is -2.36. The van der Waals surface area contributed by atoms with E-state index in [1.165, 1.54) is 23.2 Å². The Hall–Kier alpha value is -3.70. The molecule has 2 N–H and O–H groups in total. The molecular weight excluding hydrogens is 440 g/mol. The third kappa shape index (κ3) is 4.39. The summed E-state index contributed by atoms with van der Waals surface area (Å²) in [5.74, 6) is 1.37. The SMILES string of the molecule is CC.Cn1c(=O)c2[nH]c(CCCCCCc3nc4c([nH]3)c(=O)n(C)c(=O)n4C)nc2n(C)c1=O. The summed E-state index contributed by atoms with van der Waals surface area (Å²) in [4.78, 5) is 63.4. The number of hydrogen-bond acceptors (Lipinski definition) is 6. The lowest BCUT2D eigenvalue weighted by molar-refractivity contribution is 0.625. The number of aromatic amines is 2. The van der Waals surface area contributed by atoms with Gasteiger partial charge >= 0.3 is 11.4 Å². The quantitative estimate of drug-likeness (QED) is 0.377. The third-order valence-corrected chi connectivity index (χ3v) is 5.86. The number of H-pyrrole nitrogens is 2. The van der Waals surface area contributed by atoms with Gasteiger partial charge in [-0.15, -0.1) is 0 Å². The molecule has 4 aromatic rings. The Morgan fingerprint density at radius 3 is 1.29 bits per heavy atom. The van der Waals surface area contributed by atoms with E-state index < -0.39 is 11.4 Å². The summed E-state index contributed by atoms with van der Waals surface area (Å²) in [7, 11) is 6.09. The van der Waals surface area contributed by atoms with Crippen LogP contribution < -0.4 is 22.5 Å². The van der Waals surface area contributed by atoms with Gasteiger partial charge in [0.2, 0.25) is 0 Å². The van der Waals surface area contributed by atoms with Crippen molar-refractivity contribution >= 4 is 22.3 Å².